The van der Waals surface area contributed by atoms with E-state index in [-0.39, 0.29) is 28.3 Å². The zero-order valence-corrected chi connectivity index (χ0v) is 26.2. The smallest absolute Gasteiger partial charge is 0.229 e. The van der Waals surface area contributed by atoms with Crippen LogP contribution in [0.4, 0.5) is 10.1 Å². The zero-order chi connectivity index (χ0) is 29.9. The van der Waals surface area contributed by atoms with Gasteiger partial charge in [0.15, 0.2) is 0 Å². The fraction of sp³-hybridized carbons (Fsp3) is 0.562. The lowest BCUT2D eigenvalue weighted by Crippen LogP contribution is -2.38. The Morgan fingerprint density at radius 3 is 2.33 bits per heavy atom. The Morgan fingerprint density at radius 1 is 1.07 bits per heavy atom. The highest BCUT2D eigenvalue weighted by Crippen LogP contribution is 2.39. The van der Waals surface area contributed by atoms with Gasteiger partial charge in [0.1, 0.15) is 5.82 Å². The molecule has 1 aliphatic heterocycles. The third kappa shape index (κ3) is 10.4. The Bertz CT molecular complexity index is 1080. The first-order chi connectivity index (χ1) is 19.0. The van der Waals surface area contributed by atoms with Gasteiger partial charge in [-0.2, -0.15) is 0 Å². The first kappa shape index (κ1) is 34.1. The number of benzene rings is 2. The number of carbonyl (C=O) groups excluding carboxylic acids is 2. The Morgan fingerprint density at radius 2 is 1.73 bits per heavy atom. The molecule has 1 saturated heterocycles. The predicted molar refractivity (Wildman–Crippen MR) is 166 cm³/mol. The molecule has 0 bridgehead atoms. The highest BCUT2D eigenvalue weighted by Gasteiger charge is 2.44. The fourth-order valence-electron chi connectivity index (χ4n) is 5.46. The quantitative estimate of drug-likeness (QED) is 0.295. The highest BCUT2D eigenvalue weighted by atomic mass is 35.5. The van der Waals surface area contributed by atoms with Crippen molar-refractivity contribution in [1.29, 1.82) is 0 Å². The number of anilines is 1. The molecule has 0 spiro atoms. The van der Waals surface area contributed by atoms with Crippen molar-refractivity contribution in [2.45, 2.75) is 91.6 Å². The van der Waals surface area contributed by atoms with Crippen LogP contribution in [0.15, 0.2) is 42.5 Å². The summed E-state index contributed by atoms with van der Waals surface area (Å²) in [5.41, 5.74) is 1.13. The van der Waals surface area contributed by atoms with E-state index in [9.17, 15) is 14.0 Å². The number of halogens is 3. The topological polar surface area (TPSA) is 70.2 Å². The van der Waals surface area contributed by atoms with Crippen molar-refractivity contribution in [2.75, 3.05) is 11.9 Å². The maximum absolute atomic E-state index is 14.7. The molecule has 0 aromatic heterocycles. The normalized spacial score (nSPS) is 24.1. The molecule has 1 aliphatic carbocycles. The lowest BCUT2D eigenvalue weighted by Gasteiger charge is -2.29. The molecule has 2 fully saturated rings. The van der Waals surface area contributed by atoms with Crippen LogP contribution in [0, 0.1) is 23.1 Å². The predicted octanol–water partition coefficient (Wildman–Crippen LogP) is 8.22. The lowest BCUT2D eigenvalue weighted by molar-refractivity contribution is -0.120. The number of nitrogens with one attached hydrogen (secondary N) is 3. The van der Waals surface area contributed by atoms with E-state index in [1.807, 2.05) is 13.8 Å². The molecule has 4 rings (SSSR count). The molecule has 2 aromatic carbocycles. The van der Waals surface area contributed by atoms with Gasteiger partial charge in [0.2, 0.25) is 12.3 Å². The summed E-state index contributed by atoms with van der Waals surface area (Å²) in [6.07, 6.45) is 6.48. The van der Waals surface area contributed by atoms with Gasteiger partial charge in [0.25, 0.3) is 0 Å². The number of hydrogen-bond donors (Lipinski definition) is 3. The Labute approximate surface area is 250 Å². The molecule has 222 valence electrons. The van der Waals surface area contributed by atoms with Gasteiger partial charge in [-0.05, 0) is 73.3 Å². The van der Waals surface area contributed by atoms with Gasteiger partial charge in [-0.3, -0.25) is 9.59 Å². The van der Waals surface area contributed by atoms with Gasteiger partial charge in [0.05, 0.1) is 10.9 Å². The van der Waals surface area contributed by atoms with E-state index in [2.05, 4.69) is 43.6 Å². The number of carbonyl (C=O) groups is 2. The average molecular weight is 595 g/mol. The van der Waals surface area contributed by atoms with Gasteiger partial charge >= 0.3 is 0 Å². The van der Waals surface area contributed by atoms with Crippen LogP contribution < -0.4 is 16.0 Å². The first-order valence-corrected chi connectivity index (χ1v) is 15.2. The van der Waals surface area contributed by atoms with E-state index in [4.69, 9.17) is 23.2 Å². The molecule has 8 heteroatoms. The second kappa shape index (κ2) is 16.3. The van der Waals surface area contributed by atoms with Crippen LogP contribution in [-0.2, 0) is 9.59 Å². The molecule has 2 amide bonds. The van der Waals surface area contributed by atoms with Crippen LogP contribution in [0.3, 0.4) is 0 Å². The Balaban J connectivity index is 0.000000391. The SMILES string of the molecule is CC.CC(C)(C)CC1NCC(c2cccc(Cl)c2F)C1C(=O)Nc1cccc(Cl)c1.CC1CCC(NC=O)CC1. The zero-order valence-electron chi connectivity index (χ0n) is 24.7. The molecule has 3 atom stereocenters. The molecule has 40 heavy (non-hydrogen) atoms. The van der Waals surface area contributed by atoms with E-state index in [1.165, 1.54) is 31.7 Å². The van der Waals surface area contributed by atoms with Gasteiger partial charge in [-0.1, -0.05) is 82.9 Å². The van der Waals surface area contributed by atoms with E-state index in [1.54, 1.807) is 36.4 Å². The maximum Gasteiger partial charge on any atom is 0.229 e. The molecule has 1 saturated carbocycles. The molecule has 3 N–H and O–H groups in total. The van der Waals surface area contributed by atoms with Crippen LogP contribution in [0.2, 0.25) is 10.0 Å². The molecule has 2 aliphatic rings. The van der Waals surface area contributed by atoms with Crippen LogP contribution >= 0.6 is 23.2 Å². The summed E-state index contributed by atoms with van der Waals surface area (Å²) in [5, 5.41) is 9.84. The number of hydrogen-bond acceptors (Lipinski definition) is 3. The largest absolute Gasteiger partial charge is 0.356 e. The summed E-state index contributed by atoms with van der Waals surface area (Å²) in [6, 6.07) is 12.4. The summed E-state index contributed by atoms with van der Waals surface area (Å²) in [5.74, 6) is -0.458. The van der Waals surface area contributed by atoms with E-state index < -0.39 is 11.7 Å². The van der Waals surface area contributed by atoms with Gasteiger partial charge in [0, 0.05) is 35.3 Å². The second-order valence-corrected chi connectivity index (χ2v) is 12.6. The van der Waals surface area contributed by atoms with Crippen LogP contribution in [-0.4, -0.2) is 30.9 Å². The number of amides is 2. The Hall–Kier alpha value is -2.15. The van der Waals surface area contributed by atoms with Crippen LogP contribution in [0.1, 0.15) is 85.1 Å². The molecule has 2 aromatic rings. The first-order valence-electron chi connectivity index (χ1n) is 14.4. The van der Waals surface area contributed by atoms with Crippen molar-refractivity contribution in [1.82, 2.24) is 10.6 Å². The minimum absolute atomic E-state index is 0.0218. The standard InChI is InChI=1S/C22H25Cl2FN2O.C8H15NO.C2H6/c1-22(2,3)11-18-19(21(28)27-14-7-4-6-13(23)10-14)16(12-26-18)15-8-5-9-17(24)20(15)25;1-7-2-4-8(5-3-7)9-6-10;1-2/h4-10,16,18-19,26H,11-12H2,1-3H3,(H,27,28);6-8H,2-5H2,1H3,(H,9,10);1-2H3. The molecule has 3 unspecified atom stereocenters. The second-order valence-electron chi connectivity index (χ2n) is 11.8. The third-order valence-electron chi connectivity index (χ3n) is 7.39. The highest BCUT2D eigenvalue weighted by molar-refractivity contribution is 6.31. The third-order valence-corrected chi connectivity index (χ3v) is 7.92. The summed E-state index contributed by atoms with van der Waals surface area (Å²) >= 11 is 12.0. The molecular weight excluding hydrogens is 548 g/mol. The maximum atomic E-state index is 14.7. The molecular formula is C32H46Cl2FN3O2. The van der Waals surface area contributed by atoms with Crippen molar-refractivity contribution >= 4 is 41.2 Å². The van der Waals surface area contributed by atoms with E-state index in [0.717, 1.165) is 18.7 Å². The van der Waals surface area contributed by atoms with Crippen LogP contribution in [0.25, 0.3) is 0 Å². The summed E-state index contributed by atoms with van der Waals surface area (Å²) < 4.78 is 14.7. The van der Waals surface area contributed by atoms with Crippen molar-refractivity contribution in [3.63, 3.8) is 0 Å². The monoisotopic (exact) mass is 593 g/mol. The van der Waals surface area contributed by atoms with Crippen molar-refractivity contribution in [2.24, 2.45) is 17.3 Å². The number of rotatable bonds is 6. The van der Waals surface area contributed by atoms with Crippen LogP contribution in [0.5, 0.6) is 0 Å². The molecule has 1 heterocycles. The molecule has 5 nitrogen and oxygen atoms in total. The van der Waals surface area contributed by atoms with Gasteiger partial charge in [-0.15, -0.1) is 0 Å². The van der Waals surface area contributed by atoms with Crippen molar-refractivity contribution < 1.29 is 14.0 Å². The van der Waals surface area contributed by atoms with Crippen molar-refractivity contribution in [3.05, 3.63) is 63.9 Å². The van der Waals surface area contributed by atoms with E-state index in [0.29, 0.717) is 28.9 Å². The summed E-state index contributed by atoms with van der Waals surface area (Å²) in [4.78, 5) is 23.3. The average Bonchev–Trinajstić information content (AvgIpc) is 3.30. The lowest BCUT2D eigenvalue weighted by atomic mass is 9.78. The molecule has 0 radical (unpaired) electrons. The minimum atomic E-state index is -0.451. The summed E-state index contributed by atoms with van der Waals surface area (Å²) in [6.45, 7) is 13.2. The van der Waals surface area contributed by atoms with Gasteiger partial charge < -0.3 is 16.0 Å². The van der Waals surface area contributed by atoms with Gasteiger partial charge in [-0.25, -0.2) is 4.39 Å². The minimum Gasteiger partial charge on any atom is -0.356 e. The summed E-state index contributed by atoms with van der Waals surface area (Å²) in [7, 11) is 0. The van der Waals surface area contributed by atoms with E-state index >= 15 is 0 Å². The fourth-order valence-corrected chi connectivity index (χ4v) is 5.83. The Kier molecular flexibility index (Phi) is 13.9. The van der Waals surface area contributed by atoms with Crippen molar-refractivity contribution in [3.8, 4) is 0 Å².